The molecule has 0 radical (unpaired) electrons. The van der Waals surface area contributed by atoms with Gasteiger partial charge in [0.25, 0.3) is 5.56 Å². The fraction of sp³-hybridized carbons (Fsp3) is 0.421. The number of benzene rings is 1. The smallest absolute Gasteiger partial charge is 0.270 e. The fourth-order valence-corrected chi connectivity index (χ4v) is 3.31. The Bertz CT molecular complexity index is 782. The van der Waals surface area contributed by atoms with Gasteiger partial charge in [-0.25, -0.2) is 4.39 Å². The van der Waals surface area contributed by atoms with E-state index in [9.17, 15) is 14.0 Å². The largest absolute Gasteiger partial charge is 0.326 e. The monoisotopic (exact) mass is 343 g/mol. The number of alkyl halides is 1. The molecule has 1 fully saturated rings. The summed E-state index contributed by atoms with van der Waals surface area (Å²) >= 11 is 0. The van der Waals surface area contributed by atoms with E-state index in [1.54, 1.807) is 18.3 Å². The number of rotatable bonds is 6. The summed E-state index contributed by atoms with van der Waals surface area (Å²) in [6.07, 6.45) is 4.93. The fourth-order valence-electron chi connectivity index (χ4n) is 3.31. The third-order valence-electron chi connectivity index (χ3n) is 4.82. The zero-order valence-corrected chi connectivity index (χ0v) is 14.1. The predicted octanol–water partition coefficient (Wildman–Crippen LogP) is 2.26. The highest BCUT2D eigenvalue weighted by Crippen LogP contribution is 2.22. The molecule has 1 aromatic carbocycles. The van der Waals surface area contributed by atoms with Crippen LogP contribution in [-0.4, -0.2) is 33.7 Å². The number of aromatic nitrogens is 2. The Kier molecular flexibility index (Phi) is 5.71. The summed E-state index contributed by atoms with van der Waals surface area (Å²) in [6, 6.07) is 7.19. The maximum atomic E-state index is 13.0. The number of halogens is 1. The number of nitrogens with one attached hydrogen (secondary N) is 1. The van der Waals surface area contributed by atoms with Gasteiger partial charge in [0.2, 0.25) is 0 Å². The molecule has 1 N–H and O–H groups in total. The van der Waals surface area contributed by atoms with Crippen molar-refractivity contribution in [2.24, 2.45) is 5.92 Å². The molecule has 3 rings (SSSR count). The molecule has 2 heterocycles. The lowest BCUT2D eigenvalue weighted by Gasteiger charge is -2.30. The van der Waals surface area contributed by atoms with E-state index in [2.05, 4.69) is 14.9 Å². The summed E-state index contributed by atoms with van der Waals surface area (Å²) in [5.74, 6) is 0.183. The van der Waals surface area contributed by atoms with Crippen LogP contribution in [0.15, 0.2) is 41.5 Å². The van der Waals surface area contributed by atoms with E-state index in [0.717, 1.165) is 31.5 Å². The van der Waals surface area contributed by atoms with Crippen molar-refractivity contribution in [1.29, 1.82) is 0 Å². The molecule has 0 saturated carbocycles. The second kappa shape index (κ2) is 8.16. The van der Waals surface area contributed by atoms with E-state index in [0.29, 0.717) is 24.2 Å². The molecular formula is C19H22FN3O2. The molecule has 1 aliphatic rings. The van der Waals surface area contributed by atoms with Gasteiger partial charge in [0.05, 0.1) is 0 Å². The highest BCUT2D eigenvalue weighted by molar-refractivity contribution is 5.83. The molecule has 2 aromatic rings. The number of piperidine rings is 1. The number of likely N-dealkylation sites (tertiary alicyclic amines) is 1. The first-order valence-electron chi connectivity index (χ1n) is 8.57. The highest BCUT2D eigenvalue weighted by Gasteiger charge is 2.25. The molecule has 5 nitrogen and oxygen atoms in total. The summed E-state index contributed by atoms with van der Waals surface area (Å²) in [7, 11) is 0. The van der Waals surface area contributed by atoms with Crippen molar-refractivity contribution in [2.45, 2.75) is 32.5 Å². The van der Waals surface area contributed by atoms with Crippen LogP contribution in [0.5, 0.6) is 0 Å². The van der Waals surface area contributed by atoms with Gasteiger partial charge in [-0.2, -0.15) is 0 Å². The van der Waals surface area contributed by atoms with E-state index in [1.165, 1.54) is 6.20 Å². The molecule has 0 bridgehead atoms. The summed E-state index contributed by atoms with van der Waals surface area (Å²) < 4.78 is 13.0. The van der Waals surface area contributed by atoms with Crippen LogP contribution in [0, 0.1) is 5.92 Å². The number of hydrogen-bond acceptors (Lipinski definition) is 4. The summed E-state index contributed by atoms with van der Waals surface area (Å²) in [4.78, 5) is 33.1. The van der Waals surface area contributed by atoms with E-state index >= 15 is 0 Å². The van der Waals surface area contributed by atoms with Crippen LogP contribution in [-0.2, 0) is 24.4 Å². The van der Waals surface area contributed by atoms with Gasteiger partial charge >= 0.3 is 0 Å². The molecule has 132 valence electrons. The lowest BCUT2D eigenvalue weighted by molar-refractivity contribution is -0.123. The zero-order chi connectivity index (χ0) is 17.6. The number of hydrogen-bond donors (Lipinski definition) is 1. The topological polar surface area (TPSA) is 66.1 Å². The minimum atomic E-state index is -0.541. The van der Waals surface area contributed by atoms with Crippen molar-refractivity contribution in [2.75, 3.05) is 13.1 Å². The molecule has 0 amide bonds. The Morgan fingerprint density at radius 2 is 1.96 bits per heavy atom. The van der Waals surface area contributed by atoms with E-state index in [1.807, 2.05) is 12.1 Å². The molecule has 0 unspecified atom stereocenters. The van der Waals surface area contributed by atoms with Gasteiger partial charge in [0, 0.05) is 31.3 Å². The standard InChI is InChI=1S/C19H22FN3O2/c20-12-16-4-2-1-3-15(16)11-18(24)14-5-9-23(10-6-14)13-17-19(25)22-8-7-21-17/h1-4,7-8,14H,5-6,9-13H2,(H,22,25). The van der Waals surface area contributed by atoms with Crippen LogP contribution in [0.3, 0.4) is 0 Å². The average molecular weight is 343 g/mol. The van der Waals surface area contributed by atoms with Crippen LogP contribution < -0.4 is 5.56 Å². The molecule has 0 atom stereocenters. The minimum absolute atomic E-state index is 0.00549. The van der Waals surface area contributed by atoms with Gasteiger partial charge in [0.15, 0.2) is 0 Å². The lowest BCUT2D eigenvalue weighted by atomic mass is 9.88. The van der Waals surface area contributed by atoms with E-state index < -0.39 is 6.67 Å². The van der Waals surface area contributed by atoms with Crippen LogP contribution in [0.2, 0.25) is 0 Å². The van der Waals surface area contributed by atoms with Gasteiger partial charge < -0.3 is 4.98 Å². The second-order valence-electron chi connectivity index (χ2n) is 6.46. The van der Waals surface area contributed by atoms with E-state index in [-0.39, 0.29) is 17.3 Å². The van der Waals surface area contributed by atoms with Crippen molar-refractivity contribution in [3.63, 3.8) is 0 Å². The average Bonchev–Trinajstić information content (AvgIpc) is 2.64. The maximum Gasteiger partial charge on any atom is 0.270 e. The third-order valence-corrected chi connectivity index (χ3v) is 4.82. The summed E-state index contributed by atoms with van der Waals surface area (Å²) in [6.45, 7) is 1.48. The Morgan fingerprint density at radius 3 is 2.64 bits per heavy atom. The van der Waals surface area contributed by atoms with Gasteiger partial charge in [-0.05, 0) is 37.1 Å². The number of aromatic amines is 1. The van der Waals surface area contributed by atoms with Gasteiger partial charge in [-0.15, -0.1) is 0 Å². The number of carbonyl (C=O) groups excluding carboxylic acids is 1. The first-order valence-corrected chi connectivity index (χ1v) is 8.57. The van der Waals surface area contributed by atoms with Crippen molar-refractivity contribution in [1.82, 2.24) is 14.9 Å². The molecule has 1 aromatic heterocycles. The van der Waals surface area contributed by atoms with Crippen LogP contribution in [0.4, 0.5) is 4.39 Å². The van der Waals surface area contributed by atoms with Crippen LogP contribution >= 0.6 is 0 Å². The first-order chi connectivity index (χ1) is 12.2. The van der Waals surface area contributed by atoms with Crippen LogP contribution in [0.1, 0.15) is 29.7 Å². The minimum Gasteiger partial charge on any atom is -0.326 e. The van der Waals surface area contributed by atoms with Gasteiger partial charge in [0.1, 0.15) is 18.2 Å². The predicted molar refractivity (Wildman–Crippen MR) is 92.8 cm³/mol. The summed E-state index contributed by atoms with van der Waals surface area (Å²) in [5, 5.41) is 0. The SMILES string of the molecule is O=C(Cc1ccccc1CF)C1CCN(Cc2ncc[nH]c2=O)CC1. The molecular weight excluding hydrogens is 321 g/mol. The Morgan fingerprint density at radius 1 is 1.24 bits per heavy atom. The molecule has 0 aliphatic carbocycles. The number of ketones is 1. The van der Waals surface area contributed by atoms with Crippen molar-refractivity contribution >= 4 is 5.78 Å². The Labute approximate surface area is 145 Å². The molecule has 1 saturated heterocycles. The zero-order valence-electron chi connectivity index (χ0n) is 14.1. The third kappa shape index (κ3) is 4.39. The first kappa shape index (κ1) is 17.5. The van der Waals surface area contributed by atoms with Gasteiger partial charge in [-0.3, -0.25) is 19.5 Å². The quantitative estimate of drug-likeness (QED) is 0.874. The van der Waals surface area contributed by atoms with Crippen LogP contribution in [0.25, 0.3) is 0 Å². The normalized spacial score (nSPS) is 16.0. The van der Waals surface area contributed by atoms with E-state index in [4.69, 9.17) is 0 Å². The molecule has 6 heteroatoms. The molecule has 0 spiro atoms. The maximum absolute atomic E-state index is 13.0. The number of Topliss-reactive ketones (excluding diaryl/α,β-unsaturated/α-hetero) is 1. The number of nitrogens with zero attached hydrogens (tertiary/aromatic N) is 2. The van der Waals surface area contributed by atoms with Crippen molar-refractivity contribution < 1.29 is 9.18 Å². The summed E-state index contributed by atoms with van der Waals surface area (Å²) in [5.41, 5.74) is 1.73. The van der Waals surface area contributed by atoms with Crippen molar-refractivity contribution in [3.8, 4) is 0 Å². The Balaban J connectivity index is 1.54. The van der Waals surface area contributed by atoms with Crippen molar-refractivity contribution in [3.05, 3.63) is 63.8 Å². The molecule has 25 heavy (non-hydrogen) atoms. The second-order valence-corrected chi connectivity index (χ2v) is 6.46. The van der Waals surface area contributed by atoms with Gasteiger partial charge in [-0.1, -0.05) is 24.3 Å². The lowest BCUT2D eigenvalue weighted by Crippen LogP contribution is -2.37. The molecule has 1 aliphatic heterocycles. The highest BCUT2D eigenvalue weighted by atomic mass is 19.1. The Hall–Kier alpha value is -2.34. The number of carbonyl (C=O) groups is 1. The number of H-pyrrole nitrogens is 1.